The Morgan fingerprint density at radius 3 is 2.74 bits per heavy atom. The molecule has 1 fully saturated rings. The second-order valence-electron chi connectivity index (χ2n) is 4.83. The lowest BCUT2D eigenvalue weighted by Gasteiger charge is -2.16. The van der Waals surface area contributed by atoms with E-state index in [2.05, 4.69) is 15.6 Å². The Morgan fingerprint density at radius 1 is 1.47 bits per heavy atom. The maximum atomic E-state index is 11.8. The molecule has 19 heavy (non-hydrogen) atoms. The highest BCUT2D eigenvalue weighted by Gasteiger charge is 2.33. The van der Waals surface area contributed by atoms with Crippen molar-refractivity contribution in [3.8, 4) is 0 Å². The number of carbonyl (C=O) groups excluding carboxylic acids is 1. The van der Waals surface area contributed by atoms with Gasteiger partial charge in [0.2, 0.25) is 0 Å². The summed E-state index contributed by atoms with van der Waals surface area (Å²) >= 11 is 0. The average Bonchev–Trinajstić information content (AvgIpc) is 3.14. The summed E-state index contributed by atoms with van der Waals surface area (Å²) in [4.78, 5) is 26.6. The molecule has 0 spiro atoms. The molecule has 1 aliphatic carbocycles. The van der Waals surface area contributed by atoms with Crippen molar-refractivity contribution in [2.24, 2.45) is 5.92 Å². The number of rotatable bonds is 5. The number of aromatic nitrogens is 1. The predicted molar refractivity (Wildman–Crippen MR) is 69.9 cm³/mol. The maximum Gasteiger partial charge on any atom is 0.319 e. The molecule has 1 aromatic rings. The second-order valence-corrected chi connectivity index (χ2v) is 4.83. The molecule has 102 valence electrons. The van der Waals surface area contributed by atoms with Crippen LogP contribution < -0.4 is 10.6 Å². The van der Waals surface area contributed by atoms with Gasteiger partial charge in [0.05, 0.1) is 18.3 Å². The van der Waals surface area contributed by atoms with Gasteiger partial charge in [-0.1, -0.05) is 0 Å². The summed E-state index contributed by atoms with van der Waals surface area (Å²) in [5, 5.41) is 14.2. The highest BCUT2D eigenvalue weighted by Crippen LogP contribution is 2.34. The summed E-state index contributed by atoms with van der Waals surface area (Å²) in [5.74, 6) is -0.604. The molecule has 0 bridgehead atoms. The van der Waals surface area contributed by atoms with Crippen LogP contribution in [0.5, 0.6) is 0 Å². The van der Waals surface area contributed by atoms with Crippen molar-refractivity contribution < 1.29 is 14.7 Å². The van der Waals surface area contributed by atoms with Crippen LogP contribution in [0.3, 0.4) is 0 Å². The summed E-state index contributed by atoms with van der Waals surface area (Å²) in [5.41, 5.74) is 1.46. The monoisotopic (exact) mass is 263 g/mol. The largest absolute Gasteiger partial charge is 0.481 e. The first-order valence-corrected chi connectivity index (χ1v) is 6.26. The SMILES string of the molecule is Cc1ccc(NC(=O)NC(CC(=O)O)C2CC2)cn1. The molecule has 1 unspecified atom stereocenters. The number of pyridine rings is 1. The van der Waals surface area contributed by atoms with E-state index in [0.717, 1.165) is 18.5 Å². The van der Waals surface area contributed by atoms with Crippen molar-refractivity contribution in [3.63, 3.8) is 0 Å². The molecule has 2 amide bonds. The molecule has 2 rings (SSSR count). The lowest BCUT2D eigenvalue weighted by molar-refractivity contribution is -0.137. The van der Waals surface area contributed by atoms with Crippen LogP contribution in [0.4, 0.5) is 10.5 Å². The van der Waals surface area contributed by atoms with Gasteiger partial charge in [0.15, 0.2) is 0 Å². The first-order valence-electron chi connectivity index (χ1n) is 6.26. The number of urea groups is 1. The van der Waals surface area contributed by atoms with Crippen LogP contribution in [0.2, 0.25) is 0 Å². The topological polar surface area (TPSA) is 91.3 Å². The van der Waals surface area contributed by atoms with Gasteiger partial charge < -0.3 is 15.7 Å². The number of nitrogens with one attached hydrogen (secondary N) is 2. The van der Waals surface area contributed by atoms with Crippen molar-refractivity contribution in [1.29, 1.82) is 0 Å². The number of hydrogen-bond acceptors (Lipinski definition) is 3. The van der Waals surface area contributed by atoms with Gasteiger partial charge in [-0.25, -0.2) is 4.79 Å². The lowest BCUT2D eigenvalue weighted by atomic mass is 10.1. The van der Waals surface area contributed by atoms with Crippen molar-refractivity contribution in [1.82, 2.24) is 10.3 Å². The van der Waals surface area contributed by atoms with E-state index in [1.807, 2.05) is 6.92 Å². The molecule has 1 aromatic heterocycles. The molecule has 0 aliphatic heterocycles. The fourth-order valence-electron chi connectivity index (χ4n) is 1.90. The summed E-state index contributed by atoms with van der Waals surface area (Å²) in [6.07, 6.45) is 3.48. The molecule has 6 nitrogen and oxygen atoms in total. The number of carboxylic acid groups (broad SMARTS) is 1. The number of anilines is 1. The molecular weight excluding hydrogens is 246 g/mol. The van der Waals surface area contributed by atoms with Crippen LogP contribution in [0, 0.1) is 12.8 Å². The molecule has 0 aromatic carbocycles. The third-order valence-corrected chi connectivity index (χ3v) is 3.07. The van der Waals surface area contributed by atoms with Gasteiger partial charge in [-0.3, -0.25) is 9.78 Å². The predicted octanol–water partition coefficient (Wildman–Crippen LogP) is 1.76. The number of aliphatic carboxylic acids is 1. The summed E-state index contributed by atoms with van der Waals surface area (Å²) in [6.45, 7) is 1.86. The fourth-order valence-corrected chi connectivity index (χ4v) is 1.90. The molecule has 6 heteroatoms. The first-order chi connectivity index (χ1) is 9.04. The Bertz CT molecular complexity index is 469. The van der Waals surface area contributed by atoms with Gasteiger partial charge in [-0.15, -0.1) is 0 Å². The Morgan fingerprint density at radius 2 is 2.21 bits per heavy atom. The minimum absolute atomic E-state index is 0.0375. The smallest absolute Gasteiger partial charge is 0.319 e. The van der Waals surface area contributed by atoms with Crippen LogP contribution >= 0.6 is 0 Å². The minimum Gasteiger partial charge on any atom is -0.481 e. The van der Waals surface area contributed by atoms with Crippen LogP contribution in [-0.2, 0) is 4.79 Å². The number of carboxylic acids is 1. The molecule has 1 aliphatic rings. The van der Waals surface area contributed by atoms with E-state index in [0.29, 0.717) is 5.69 Å². The molecular formula is C13H17N3O3. The van der Waals surface area contributed by atoms with Crippen LogP contribution in [0.1, 0.15) is 25.0 Å². The number of hydrogen-bond donors (Lipinski definition) is 3. The van der Waals surface area contributed by atoms with Crippen molar-refractivity contribution in [2.75, 3.05) is 5.32 Å². The van der Waals surface area contributed by atoms with E-state index in [1.54, 1.807) is 18.3 Å². The van der Waals surface area contributed by atoms with E-state index >= 15 is 0 Å². The van der Waals surface area contributed by atoms with Gasteiger partial charge in [0, 0.05) is 11.7 Å². The number of aryl methyl sites for hydroxylation is 1. The zero-order valence-corrected chi connectivity index (χ0v) is 10.7. The number of nitrogens with zero attached hydrogens (tertiary/aromatic N) is 1. The third-order valence-electron chi connectivity index (χ3n) is 3.07. The second kappa shape index (κ2) is 5.69. The third kappa shape index (κ3) is 4.24. The van der Waals surface area contributed by atoms with E-state index < -0.39 is 5.97 Å². The Balaban J connectivity index is 1.88. The lowest BCUT2D eigenvalue weighted by Crippen LogP contribution is -2.40. The molecule has 1 atom stereocenters. The summed E-state index contributed by atoms with van der Waals surface area (Å²) in [7, 11) is 0. The summed E-state index contributed by atoms with van der Waals surface area (Å²) in [6, 6.07) is 2.87. The van der Waals surface area contributed by atoms with Crippen LogP contribution in [0.15, 0.2) is 18.3 Å². The van der Waals surface area contributed by atoms with Crippen molar-refractivity contribution >= 4 is 17.7 Å². The quantitative estimate of drug-likeness (QED) is 0.755. The Kier molecular flexibility index (Phi) is 3.99. The van der Waals surface area contributed by atoms with Gasteiger partial charge in [0.25, 0.3) is 0 Å². The molecule has 0 radical (unpaired) electrons. The molecule has 3 N–H and O–H groups in total. The normalized spacial score (nSPS) is 15.6. The molecule has 1 heterocycles. The summed E-state index contributed by atoms with van der Waals surface area (Å²) < 4.78 is 0. The standard InChI is InChI=1S/C13H17N3O3/c1-8-2-5-10(7-14-8)15-13(19)16-11(6-12(17)18)9-3-4-9/h2,5,7,9,11H,3-4,6H2,1H3,(H,17,18)(H2,15,16,19). The minimum atomic E-state index is -0.894. The Hall–Kier alpha value is -2.11. The number of carbonyl (C=O) groups is 2. The van der Waals surface area contributed by atoms with Crippen molar-refractivity contribution in [3.05, 3.63) is 24.0 Å². The maximum absolute atomic E-state index is 11.8. The van der Waals surface area contributed by atoms with E-state index in [-0.39, 0.29) is 24.4 Å². The van der Waals surface area contributed by atoms with Gasteiger partial charge in [0.1, 0.15) is 0 Å². The van der Waals surface area contributed by atoms with Crippen molar-refractivity contribution in [2.45, 2.75) is 32.2 Å². The van der Waals surface area contributed by atoms with E-state index in [1.165, 1.54) is 0 Å². The Labute approximate surface area is 111 Å². The zero-order chi connectivity index (χ0) is 13.8. The highest BCUT2D eigenvalue weighted by molar-refractivity contribution is 5.89. The average molecular weight is 263 g/mol. The van der Waals surface area contributed by atoms with Crippen LogP contribution in [-0.4, -0.2) is 28.1 Å². The first kappa shape index (κ1) is 13.3. The van der Waals surface area contributed by atoms with Crippen LogP contribution in [0.25, 0.3) is 0 Å². The van der Waals surface area contributed by atoms with E-state index in [4.69, 9.17) is 5.11 Å². The van der Waals surface area contributed by atoms with Gasteiger partial charge >= 0.3 is 12.0 Å². The number of amides is 2. The molecule has 0 saturated heterocycles. The zero-order valence-electron chi connectivity index (χ0n) is 10.7. The molecule has 1 saturated carbocycles. The van der Waals surface area contributed by atoms with Gasteiger partial charge in [-0.2, -0.15) is 0 Å². The van der Waals surface area contributed by atoms with E-state index in [9.17, 15) is 9.59 Å². The fraction of sp³-hybridized carbons (Fsp3) is 0.462. The highest BCUT2D eigenvalue weighted by atomic mass is 16.4. The van der Waals surface area contributed by atoms with Gasteiger partial charge in [-0.05, 0) is 37.8 Å².